The Labute approximate surface area is 111 Å². The predicted molar refractivity (Wildman–Crippen MR) is 68.8 cm³/mol. The van der Waals surface area contributed by atoms with Crippen LogP contribution in [0, 0.1) is 5.41 Å². The van der Waals surface area contributed by atoms with E-state index in [2.05, 4.69) is 15.6 Å². The van der Waals surface area contributed by atoms with Crippen LogP contribution in [0.25, 0.3) is 0 Å². The van der Waals surface area contributed by atoms with Crippen molar-refractivity contribution in [3.63, 3.8) is 0 Å². The van der Waals surface area contributed by atoms with Crippen LogP contribution < -0.4 is 10.6 Å². The molecule has 7 nitrogen and oxygen atoms in total. The Kier molecular flexibility index (Phi) is 4.91. The van der Waals surface area contributed by atoms with E-state index < -0.39 is 11.4 Å². The first-order valence-corrected chi connectivity index (χ1v) is 5.99. The van der Waals surface area contributed by atoms with Crippen molar-refractivity contribution in [3.8, 4) is 0 Å². The fraction of sp³-hybridized carbons (Fsp3) is 0.583. The molecular formula is C12H19N3O4. The number of esters is 1. The van der Waals surface area contributed by atoms with Crippen LogP contribution in [-0.4, -0.2) is 37.1 Å². The number of ether oxygens (including phenoxy) is 1. The summed E-state index contributed by atoms with van der Waals surface area (Å²) in [5.74, 6) is -0.637. The highest BCUT2D eigenvalue weighted by Gasteiger charge is 2.27. The van der Waals surface area contributed by atoms with E-state index in [1.165, 1.54) is 6.26 Å². The third-order valence-electron chi connectivity index (χ3n) is 2.51. The number of hydrogen-bond donors (Lipinski definition) is 2. The van der Waals surface area contributed by atoms with Gasteiger partial charge < -0.3 is 19.8 Å². The molecule has 1 aromatic heterocycles. The standard InChI is InChI=1S/C12H19N3O4/c1-5-18-9(16)8-6-19-11(15-8)14-7-12(2,3)10(17)13-4/h6H,5,7H2,1-4H3,(H,13,17)(H,14,15). The van der Waals surface area contributed by atoms with E-state index in [4.69, 9.17) is 9.15 Å². The van der Waals surface area contributed by atoms with Gasteiger partial charge in [0, 0.05) is 13.6 Å². The van der Waals surface area contributed by atoms with Crippen LogP contribution in [-0.2, 0) is 9.53 Å². The number of oxazole rings is 1. The van der Waals surface area contributed by atoms with E-state index in [0.29, 0.717) is 6.54 Å². The Bertz CT molecular complexity index is 454. The lowest BCUT2D eigenvalue weighted by Gasteiger charge is -2.22. The van der Waals surface area contributed by atoms with Gasteiger partial charge in [-0.3, -0.25) is 4.79 Å². The first-order valence-electron chi connectivity index (χ1n) is 5.99. The van der Waals surface area contributed by atoms with E-state index in [1.807, 2.05) is 0 Å². The van der Waals surface area contributed by atoms with Crippen LogP contribution >= 0.6 is 0 Å². The van der Waals surface area contributed by atoms with Crippen LogP contribution in [0.5, 0.6) is 0 Å². The van der Waals surface area contributed by atoms with Crippen molar-refractivity contribution < 1.29 is 18.7 Å². The molecule has 1 amide bonds. The average molecular weight is 269 g/mol. The largest absolute Gasteiger partial charge is 0.461 e. The highest BCUT2D eigenvalue weighted by Crippen LogP contribution is 2.17. The SMILES string of the molecule is CCOC(=O)c1coc(NCC(C)(C)C(=O)NC)n1. The van der Waals surface area contributed by atoms with Crippen molar-refractivity contribution in [3.05, 3.63) is 12.0 Å². The minimum atomic E-state index is -0.618. The average Bonchev–Trinajstić information content (AvgIpc) is 2.84. The number of nitrogens with zero attached hydrogens (tertiary/aromatic N) is 1. The maximum Gasteiger partial charge on any atom is 0.360 e. The summed E-state index contributed by atoms with van der Waals surface area (Å²) < 4.78 is 9.88. The molecule has 0 bridgehead atoms. The molecule has 0 aromatic carbocycles. The summed E-state index contributed by atoms with van der Waals surface area (Å²) in [4.78, 5) is 26.9. The first-order chi connectivity index (χ1) is 8.90. The second-order valence-corrected chi connectivity index (χ2v) is 4.57. The maximum atomic E-state index is 11.6. The van der Waals surface area contributed by atoms with Crippen LogP contribution in [0.4, 0.5) is 6.01 Å². The molecule has 1 heterocycles. The van der Waals surface area contributed by atoms with Gasteiger partial charge in [0.2, 0.25) is 5.91 Å². The van der Waals surface area contributed by atoms with Gasteiger partial charge in [0.05, 0.1) is 12.0 Å². The molecule has 1 rings (SSSR count). The quantitative estimate of drug-likeness (QED) is 0.749. The smallest absolute Gasteiger partial charge is 0.360 e. The summed E-state index contributed by atoms with van der Waals surface area (Å²) in [5.41, 5.74) is -0.519. The third-order valence-corrected chi connectivity index (χ3v) is 2.51. The van der Waals surface area contributed by atoms with Gasteiger partial charge >= 0.3 is 5.97 Å². The van der Waals surface area contributed by atoms with Crippen LogP contribution in [0.1, 0.15) is 31.3 Å². The molecule has 0 saturated heterocycles. The summed E-state index contributed by atoms with van der Waals surface area (Å²) >= 11 is 0. The van der Waals surface area contributed by atoms with E-state index >= 15 is 0 Å². The van der Waals surface area contributed by atoms with Gasteiger partial charge in [-0.1, -0.05) is 0 Å². The summed E-state index contributed by atoms with van der Waals surface area (Å²) in [7, 11) is 1.58. The van der Waals surface area contributed by atoms with Crippen molar-refractivity contribution in [2.75, 3.05) is 25.5 Å². The first kappa shape index (κ1) is 15.0. The fourth-order valence-corrected chi connectivity index (χ4v) is 1.37. The van der Waals surface area contributed by atoms with Gasteiger partial charge in [-0.15, -0.1) is 0 Å². The number of amides is 1. The van der Waals surface area contributed by atoms with Gasteiger partial charge in [0.1, 0.15) is 6.26 Å². The number of anilines is 1. The van der Waals surface area contributed by atoms with E-state index in [1.54, 1.807) is 27.8 Å². The maximum absolute atomic E-state index is 11.6. The minimum Gasteiger partial charge on any atom is -0.461 e. The monoisotopic (exact) mass is 269 g/mol. The predicted octanol–water partition coefficient (Wildman–Crippen LogP) is 1.04. The lowest BCUT2D eigenvalue weighted by molar-refractivity contribution is -0.128. The normalized spacial score (nSPS) is 10.9. The molecular weight excluding hydrogens is 250 g/mol. The number of rotatable bonds is 6. The Balaban J connectivity index is 2.60. The Morgan fingerprint density at radius 1 is 1.47 bits per heavy atom. The van der Waals surface area contributed by atoms with Crippen LogP contribution in [0.3, 0.4) is 0 Å². The molecule has 19 heavy (non-hydrogen) atoms. The van der Waals surface area contributed by atoms with Gasteiger partial charge in [0.15, 0.2) is 5.69 Å². The topological polar surface area (TPSA) is 93.5 Å². The highest BCUT2D eigenvalue weighted by atomic mass is 16.5. The highest BCUT2D eigenvalue weighted by molar-refractivity contribution is 5.87. The van der Waals surface area contributed by atoms with Crippen molar-refractivity contribution in [1.29, 1.82) is 0 Å². The zero-order chi connectivity index (χ0) is 14.5. The molecule has 0 radical (unpaired) electrons. The van der Waals surface area contributed by atoms with E-state index in [9.17, 15) is 9.59 Å². The third kappa shape index (κ3) is 3.97. The van der Waals surface area contributed by atoms with Gasteiger partial charge in [-0.25, -0.2) is 4.79 Å². The van der Waals surface area contributed by atoms with Gasteiger partial charge in [-0.2, -0.15) is 4.98 Å². The Morgan fingerprint density at radius 2 is 2.16 bits per heavy atom. The second-order valence-electron chi connectivity index (χ2n) is 4.57. The molecule has 0 fully saturated rings. The molecule has 0 aliphatic carbocycles. The molecule has 106 valence electrons. The summed E-state index contributed by atoms with van der Waals surface area (Å²) in [6.07, 6.45) is 1.22. The van der Waals surface area contributed by atoms with E-state index in [-0.39, 0.29) is 24.2 Å². The van der Waals surface area contributed by atoms with Gasteiger partial charge in [-0.05, 0) is 20.8 Å². The molecule has 1 aromatic rings. The molecule has 0 spiro atoms. The van der Waals surface area contributed by atoms with E-state index in [0.717, 1.165) is 0 Å². The molecule has 0 atom stereocenters. The zero-order valence-electron chi connectivity index (χ0n) is 11.6. The molecule has 0 aliphatic heterocycles. The zero-order valence-corrected chi connectivity index (χ0v) is 11.6. The molecule has 0 saturated carbocycles. The number of carbonyl (C=O) groups is 2. The second kappa shape index (κ2) is 6.21. The lowest BCUT2D eigenvalue weighted by atomic mass is 9.92. The number of nitrogens with one attached hydrogen (secondary N) is 2. The molecule has 7 heteroatoms. The van der Waals surface area contributed by atoms with Crippen molar-refractivity contribution >= 4 is 17.9 Å². The molecule has 2 N–H and O–H groups in total. The number of aromatic nitrogens is 1. The number of hydrogen-bond acceptors (Lipinski definition) is 6. The number of carbonyl (C=O) groups excluding carboxylic acids is 2. The fourth-order valence-electron chi connectivity index (χ4n) is 1.37. The van der Waals surface area contributed by atoms with Crippen molar-refractivity contribution in [1.82, 2.24) is 10.3 Å². The molecule has 0 unspecified atom stereocenters. The van der Waals surface area contributed by atoms with Gasteiger partial charge in [0.25, 0.3) is 6.01 Å². The molecule has 0 aliphatic rings. The summed E-state index contributed by atoms with van der Waals surface area (Å²) in [6, 6.07) is 0.181. The van der Waals surface area contributed by atoms with Crippen LogP contribution in [0.2, 0.25) is 0 Å². The van der Waals surface area contributed by atoms with Crippen molar-refractivity contribution in [2.45, 2.75) is 20.8 Å². The minimum absolute atomic E-state index is 0.0992. The Morgan fingerprint density at radius 3 is 2.74 bits per heavy atom. The van der Waals surface area contributed by atoms with Crippen molar-refractivity contribution in [2.24, 2.45) is 5.41 Å². The lowest BCUT2D eigenvalue weighted by Crippen LogP contribution is -2.39. The summed E-state index contributed by atoms with van der Waals surface area (Å²) in [6.45, 7) is 5.89. The summed E-state index contributed by atoms with van der Waals surface area (Å²) in [5, 5.41) is 5.45. The Hall–Kier alpha value is -2.05. The van der Waals surface area contributed by atoms with Crippen LogP contribution in [0.15, 0.2) is 10.7 Å².